The minimum Gasteiger partial charge on any atom is -0.315 e. The molecular formula is C14H29NS. The van der Waals surface area contributed by atoms with Crippen LogP contribution in [0, 0.1) is 0 Å². The third-order valence-electron chi connectivity index (χ3n) is 3.85. The Morgan fingerprint density at radius 3 is 2.31 bits per heavy atom. The summed E-state index contributed by atoms with van der Waals surface area (Å²) in [7, 11) is 0. The molecule has 0 aromatic rings. The molecule has 1 aliphatic carbocycles. The van der Waals surface area contributed by atoms with Gasteiger partial charge < -0.3 is 5.32 Å². The first-order chi connectivity index (χ1) is 7.83. The van der Waals surface area contributed by atoms with Gasteiger partial charge in [0.2, 0.25) is 0 Å². The second-order valence-corrected chi connectivity index (χ2v) is 6.46. The molecular weight excluding hydrogens is 214 g/mol. The zero-order valence-electron chi connectivity index (χ0n) is 11.2. The lowest BCUT2D eigenvalue weighted by molar-refractivity contribution is 0.345. The maximum Gasteiger partial charge on any atom is 0.0281 e. The molecule has 16 heavy (non-hydrogen) atoms. The van der Waals surface area contributed by atoms with E-state index in [9.17, 15) is 0 Å². The van der Waals surface area contributed by atoms with Gasteiger partial charge >= 0.3 is 0 Å². The van der Waals surface area contributed by atoms with E-state index >= 15 is 0 Å². The quantitative estimate of drug-likeness (QED) is 0.577. The highest BCUT2D eigenvalue weighted by Crippen LogP contribution is 2.42. The van der Waals surface area contributed by atoms with Crippen LogP contribution in [0.3, 0.4) is 0 Å². The summed E-state index contributed by atoms with van der Waals surface area (Å²) < 4.78 is 0.613. The topological polar surface area (TPSA) is 12.0 Å². The van der Waals surface area contributed by atoms with Crippen LogP contribution in [0.2, 0.25) is 0 Å². The first-order valence-corrected chi connectivity index (χ1v) is 8.31. The van der Waals surface area contributed by atoms with Crippen molar-refractivity contribution in [1.29, 1.82) is 0 Å². The molecule has 1 aliphatic rings. The Balaban J connectivity index is 1.84. The SMILES string of the molecule is CCCCCCCCNCC1(SC)CCC1. The van der Waals surface area contributed by atoms with Gasteiger partial charge in [-0.25, -0.2) is 0 Å². The highest BCUT2D eigenvalue weighted by molar-refractivity contribution is 8.00. The molecule has 1 N–H and O–H groups in total. The maximum absolute atomic E-state index is 3.65. The van der Waals surface area contributed by atoms with Gasteiger partial charge in [0.15, 0.2) is 0 Å². The number of unbranched alkanes of at least 4 members (excludes halogenated alkanes) is 5. The number of rotatable bonds is 10. The third-order valence-corrected chi connectivity index (χ3v) is 5.27. The fourth-order valence-electron chi connectivity index (χ4n) is 2.37. The molecule has 0 aliphatic heterocycles. The van der Waals surface area contributed by atoms with Crippen LogP contribution < -0.4 is 5.32 Å². The molecule has 1 rings (SSSR count). The van der Waals surface area contributed by atoms with Gasteiger partial charge in [0, 0.05) is 11.3 Å². The summed E-state index contributed by atoms with van der Waals surface area (Å²) >= 11 is 2.07. The Morgan fingerprint density at radius 1 is 1.06 bits per heavy atom. The molecule has 0 heterocycles. The van der Waals surface area contributed by atoms with Crippen molar-refractivity contribution in [1.82, 2.24) is 5.32 Å². The summed E-state index contributed by atoms with van der Waals surface area (Å²) in [6.45, 7) is 4.75. The predicted molar refractivity (Wildman–Crippen MR) is 76.3 cm³/mol. The van der Waals surface area contributed by atoms with E-state index in [0.29, 0.717) is 4.75 Å². The van der Waals surface area contributed by atoms with Crippen molar-refractivity contribution in [3.63, 3.8) is 0 Å². The lowest BCUT2D eigenvalue weighted by atomic mass is 9.84. The minimum absolute atomic E-state index is 0.613. The van der Waals surface area contributed by atoms with Gasteiger partial charge in [0.1, 0.15) is 0 Å². The first-order valence-electron chi connectivity index (χ1n) is 7.09. The van der Waals surface area contributed by atoms with Crippen molar-refractivity contribution in [2.24, 2.45) is 0 Å². The summed E-state index contributed by atoms with van der Waals surface area (Å²) in [4.78, 5) is 0. The molecule has 1 nitrogen and oxygen atoms in total. The fraction of sp³-hybridized carbons (Fsp3) is 1.00. The third kappa shape index (κ3) is 5.09. The lowest BCUT2D eigenvalue weighted by Crippen LogP contribution is -2.43. The van der Waals surface area contributed by atoms with Crippen molar-refractivity contribution in [3.05, 3.63) is 0 Å². The zero-order valence-corrected chi connectivity index (χ0v) is 12.0. The average molecular weight is 243 g/mol. The normalized spacial score (nSPS) is 18.4. The largest absolute Gasteiger partial charge is 0.315 e. The molecule has 0 bridgehead atoms. The van der Waals surface area contributed by atoms with Crippen molar-refractivity contribution in [3.8, 4) is 0 Å². The Labute approximate surface area is 106 Å². The second-order valence-electron chi connectivity index (χ2n) is 5.19. The average Bonchev–Trinajstić information content (AvgIpc) is 2.25. The van der Waals surface area contributed by atoms with Crippen LogP contribution in [-0.4, -0.2) is 24.1 Å². The molecule has 0 atom stereocenters. The Bertz CT molecular complexity index is 161. The van der Waals surface area contributed by atoms with Crippen LogP contribution >= 0.6 is 11.8 Å². The van der Waals surface area contributed by atoms with E-state index in [1.807, 2.05) is 0 Å². The summed E-state index contributed by atoms with van der Waals surface area (Å²) in [6.07, 6.45) is 15.0. The Hall–Kier alpha value is 0.310. The van der Waals surface area contributed by atoms with Gasteiger partial charge in [-0.2, -0.15) is 11.8 Å². The summed E-state index contributed by atoms with van der Waals surface area (Å²) in [5, 5.41) is 3.65. The minimum atomic E-state index is 0.613. The molecule has 0 saturated heterocycles. The summed E-state index contributed by atoms with van der Waals surface area (Å²) in [6, 6.07) is 0. The Kier molecular flexibility index (Phi) is 7.55. The van der Waals surface area contributed by atoms with Gasteiger partial charge in [0.05, 0.1) is 0 Å². The molecule has 0 radical (unpaired) electrons. The van der Waals surface area contributed by atoms with Gasteiger partial charge in [-0.05, 0) is 32.1 Å². The van der Waals surface area contributed by atoms with E-state index in [1.165, 1.54) is 70.9 Å². The van der Waals surface area contributed by atoms with Crippen LogP contribution in [0.25, 0.3) is 0 Å². The molecule has 0 aromatic heterocycles. The van der Waals surface area contributed by atoms with Crippen molar-refractivity contribution < 1.29 is 0 Å². The zero-order chi connectivity index (χ0) is 11.7. The van der Waals surface area contributed by atoms with Crippen LogP contribution in [0.4, 0.5) is 0 Å². The standard InChI is InChI=1S/C14H29NS/c1-3-4-5-6-7-8-12-15-13-14(16-2)10-9-11-14/h15H,3-13H2,1-2H3. The molecule has 1 saturated carbocycles. The number of hydrogen-bond donors (Lipinski definition) is 1. The smallest absolute Gasteiger partial charge is 0.0281 e. The van der Waals surface area contributed by atoms with E-state index in [-0.39, 0.29) is 0 Å². The predicted octanol–water partition coefficient (Wildman–Crippen LogP) is 4.22. The van der Waals surface area contributed by atoms with Crippen molar-refractivity contribution >= 4 is 11.8 Å². The van der Waals surface area contributed by atoms with Crippen molar-refractivity contribution in [2.45, 2.75) is 69.5 Å². The second kappa shape index (κ2) is 8.41. The first kappa shape index (κ1) is 14.4. The molecule has 0 spiro atoms. The highest BCUT2D eigenvalue weighted by Gasteiger charge is 2.35. The van der Waals surface area contributed by atoms with Crippen molar-refractivity contribution in [2.75, 3.05) is 19.3 Å². The monoisotopic (exact) mass is 243 g/mol. The molecule has 0 aromatic carbocycles. The fourth-order valence-corrected chi connectivity index (χ4v) is 3.31. The van der Waals surface area contributed by atoms with E-state index < -0.39 is 0 Å². The van der Waals surface area contributed by atoms with Crippen LogP contribution in [-0.2, 0) is 0 Å². The molecule has 1 fully saturated rings. The highest BCUT2D eigenvalue weighted by atomic mass is 32.2. The van der Waals surface area contributed by atoms with Gasteiger partial charge in [0.25, 0.3) is 0 Å². The van der Waals surface area contributed by atoms with E-state index in [4.69, 9.17) is 0 Å². The van der Waals surface area contributed by atoms with Gasteiger partial charge in [-0.15, -0.1) is 0 Å². The van der Waals surface area contributed by atoms with E-state index in [0.717, 1.165) is 0 Å². The number of nitrogens with one attached hydrogen (secondary N) is 1. The molecule has 2 heteroatoms. The molecule has 0 amide bonds. The van der Waals surface area contributed by atoms with E-state index in [2.05, 4.69) is 30.3 Å². The maximum atomic E-state index is 3.65. The van der Waals surface area contributed by atoms with Gasteiger partial charge in [-0.3, -0.25) is 0 Å². The van der Waals surface area contributed by atoms with Gasteiger partial charge in [-0.1, -0.05) is 45.4 Å². The number of thioether (sulfide) groups is 1. The van der Waals surface area contributed by atoms with Crippen LogP contribution in [0.15, 0.2) is 0 Å². The lowest BCUT2D eigenvalue weighted by Gasteiger charge is -2.40. The number of hydrogen-bond acceptors (Lipinski definition) is 2. The van der Waals surface area contributed by atoms with Crippen LogP contribution in [0.1, 0.15) is 64.7 Å². The van der Waals surface area contributed by atoms with Crippen LogP contribution in [0.5, 0.6) is 0 Å². The van der Waals surface area contributed by atoms with E-state index in [1.54, 1.807) is 0 Å². The summed E-state index contributed by atoms with van der Waals surface area (Å²) in [5.41, 5.74) is 0. The molecule has 96 valence electrons. The summed E-state index contributed by atoms with van der Waals surface area (Å²) in [5.74, 6) is 0. The molecule has 0 unspecified atom stereocenters. The Morgan fingerprint density at radius 2 is 1.75 bits per heavy atom.